The molecule has 1 atom stereocenters. The van der Waals surface area contributed by atoms with E-state index in [9.17, 15) is 0 Å². The minimum atomic E-state index is 0.269. The molecular formula is C13H16N4S. The van der Waals surface area contributed by atoms with Crippen LogP contribution >= 0.6 is 11.3 Å². The lowest BCUT2D eigenvalue weighted by Crippen LogP contribution is -2.27. The number of aryl methyl sites for hydroxylation is 1. The second kappa shape index (κ2) is 4.66. The largest absolute Gasteiger partial charge is 0.354 e. The smallest absolute Gasteiger partial charge is 0.151 e. The standard InChI is InChI=1S/C13H16N4S/c1-9-5-7-18-13(9)11-2-3-12(16-15-11)17-6-4-10(14)8-17/h2-3,5,7,10H,4,6,8,14H2,1H3. The maximum Gasteiger partial charge on any atom is 0.151 e. The van der Waals surface area contributed by atoms with Crippen LogP contribution in [0.3, 0.4) is 0 Å². The highest BCUT2D eigenvalue weighted by Crippen LogP contribution is 2.27. The summed E-state index contributed by atoms with van der Waals surface area (Å²) in [5, 5.41) is 10.7. The van der Waals surface area contributed by atoms with Crippen molar-refractivity contribution in [2.75, 3.05) is 18.0 Å². The molecule has 2 aromatic rings. The van der Waals surface area contributed by atoms with Crippen LogP contribution in [0.2, 0.25) is 0 Å². The van der Waals surface area contributed by atoms with E-state index in [4.69, 9.17) is 5.73 Å². The van der Waals surface area contributed by atoms with Gasteiger partial charge < -0.3 is 10.6 Å². The Balaban J connectivity index is 1.83. The lowest BCUT2D eigenvalue weighted by Gasteiger charge is -2.15. The molecule has 2 aromatic heterocycles. The Morgan fingerprint density at radius 3 is 2.78 bits per heavy atom. The van der Waals surface area contributed by atoms with Crippen molar-refractivity contribution in [1.82, 2.24) is 10.2 Å². The number of nitrogens with two attached hydrogens (primary N) is 1. The summed E-state index contributed by atoms with van der Waals surface area (Å²) in [6.45, 7) is 3.96. The molecule has 0 spiro atoms. The molecule has 1 fully saturated rings. The van der Waals surface area contributed by atoms with Gasteiger partial charge in [0.05, 0.1) is 4.88 Å². The van der Waals surface area contributed by atoms with Gasteiger partial charge in [-0.2, -0.15) is 0 Å². The lowest BCUT2D eigenvalue weighted by molar-refractivity contribution is 0.750. The molecule has 5 heteroatoms. The van der Waals surface area contributed by atoms with Gasteiger partial charge in [0, 0.05) is 19.1 Å². The van der Waals surface area contributed by atoms with Crippen molar-refractivity contribution in [3.8, 4) is 10.6 Å². The van der Waals surface area contributed by atoms with Crippen molar-refractivity contribution < 1.29 is 0 Å². The van der Waals surface area contributed by atoms with Crippen LogP contribution in [0.4, 0.5) is 5.82 Å². The predicted octanol–water partition coefficient (Wildman–Crippen LogP) is 2.05. The van der Waals surface area contributed by atoms with Gasteiger partial charge in [0.25, 0.3) is 0 Å². The Bertz CT molecular complexity index is 534. The van der Waals surface area contributed by atoms with E-state index < -0.39 is 0 Å². The van der Waals surface area contributed by atoms with Gasteiger partial charge in [0.15, 0.2) is 5.82 Å². The van der Waals surface area contributed by atoms with Crippen LogP contribution in [0.25, 0.3) is 10.6 Å². The first-order chi connectivity index (χ1) is 8.74. The number of thiophene rings is 1. The van der Waals surface area contributed by atoms with Crippen LogP contribution in [0.15, 0.2) is 23.6 Å². The quantitative estimate of drug-likeness (QED) is 0.898. The predicted molar refractivity (Wildman–Crippen MR) is 74.9 cm³/mol. The van der Waals surface area contributed by atoms with Crippen LogP contribution in [0.1, 0.15) is 12.0 Å². The molecule has 1 aliphatic rings. The Hall–Kier alpha value is -1.46. The van der Waals surface area contributed by atoms with E-state index >= 15 is 0 Å². The summed E-state index contributed by atoms with van der Waals surface area (Å²) in [5.74, 6) is 0.931. The SMILES string of the molecule is Cc1ccsc1-c1ccc(N2CCC(N)C2)nn1. The molecule has 0 saturated carbocycles. The molecule has 2 N–H and O–H groups in total. The second-order valence-electron chi connectivity index (χ2n) is 4.70. The minimum Gasteiger partial charge on any atom is -0.354 e. The molecule has 3 heterocycles. The molecule has 1 saturated heterocycles. The second-order valence-corrected chi connectivity index (χ2v) is 5.62. The Morgan fingerprint density at radius 2 is 2.22 bits per heavy atom. The Morgan fingerprint density at radius 1 is 1.33 bits per heavy atom. The molecule has 3 rings (SSSR count). The van der Waals surface area contributed by atoms with Crippen molar-refractivity contribution in [2.24, 2.45) is 5.73 Å². The minimum absolute atomic E-state index is 0.269. The molecule has 0 radical (unpaired) electrons. The van der Waals surface area contributed by atoms with Gasteiger partial charge in [-0.15, -0.1) is 21.5 Å². The van der Waals surface area contributed by atoms with Crippen LogP contribution < -0.4 is 10.6 Å². The zero-order chi connectivity index (χ0) is 12.5. The molecule has 4 nitrogen and oxygen atoms in total. The lowest BCUT2D eigenvalue weighted by atomic mass is 10.2. The molecular weight excluding hydrogens is 244 g/mol. The van der Waals surface area contributed by atoms with Crippen molar-refractivity contribution in [1.29, 1.82) is 0 Å². The van der Waals surface area contributed by atoms with Gasteiger partial charge in [0.1, 0.15) is 5.69 Å². The third-order valence-electron chi connectivity index (χ3n) is 3.29. The molecule has 1 aliphatic heterocycles. The number of nitrogens with zero attached hydrogens (tertiary/aromatic N) is 3. The van der Waals surface area contributed by atoms with Crippen molar-refractivity contribution in [3.63, 3.8) is 0 Å². The van der Waals surface area contributed by atoms with Crippen molar-refractivity contribution in [3.05, 3.63) is 29.1 Å². The van der Waals surface area contributed by atoms with E-state index in [1.165, 1.54) is 10.4 Å². The maximum absolute atomic E-state index is 5.90. The van der Waals surface area contributed by atoms with Crippen LogP contribution in [-0.2, 0) is 0 Å². The summed E-state index contributed by atoms with van der Waals surface area (Å²) in [4.78, 5) is 3.40. The van der Waals surface area contributed by atoms with E-state index in [1.54, 1.807) is 11.3 Å². The highest BCUT2D eigenvalue weighted by molar-refractivity contribution is 7.13. The third kappa shape index (κ3) is 2.11. The number of rotatable bonds is 2. The van der Waals surface area contributed by atoms with E-state index in [1.807, 2.05) is 12.1 Å². The average Bonchev–Trinajstić information content (AvgIpc) is 2.98. The van der Waals surface area contributed by atoms with Crippen molar-refractivity contribution >= 4 is 17.2 Å². The fourth-order valence-electron chi connectivity index (χ4n) is 2.25. The van der Waals surface area contributed by atoms with Gasteiger partial charge in [-0.3, -0.25) is 0 Å². The first kappa shape index (κ1) is 11.6. The number of aromatic nitrogens is 2. The molecule has 18 heavy (non-hydrogen) atoms. The highest BCUT2D eigenvalue weighted by atomic mass is 32.1. The summed E-state index contributed by atoms with van der Waals surface area (Å²) in [7, 11) is 0. The first-order valence-corrected chi connectivity index (χ1v) is 7.01. The zero-order valence-electron chi connectivity index (χ0n) is 10.3. The molecule has 1 unspecified atom stereocenters. The maximum atomic E-state index is 5.90. The van der Waals surface area contributed by atoms with E-state index in [0.29, 0.717) is 0 Å². The summed E-state index contributed by atoms with van der Waals surface area (Å²) in [5.41, 5.74) is 8.11. The topological polar surface area (TPSA) is 55.0 Å². The first-order valence-electron chi connectivity index (χ1n) is 6.13. The molecule has 0 bridgehead atoms. The molecule has 0 aromatic carbocycles. The summed E-state index contributed by atoms with van der Waals surface area (Å²) < 4.78 is 0. The number of hydrogen-bond acceptors (Lipinski definition) is 5. The number of anilines is 1. The Labute approximate surface area is 110 Å². The highest BCUT2D eigenvalue weighted by Gasteiger charge is 2.20. The summed E-state index contributed by atoms with van der Waals surface area (Å²) in [6.07, 6.45) is 1.04. The summed E-state index contributed by atoms with van der Waals surface area (Å²) >= 11 is 1.71. The normalized spacial score (nSPS) is 19.4. The monoisotopic (exact) mass is 260 g/mol. The summed E-state index contributed by atoms with van der Waals surface area (Å²) in [6, 6.07) is 6.46. The van der Waals surface area contributed by atoms with E-state index in [2.05, 4.69) is 33.5 Å². The van der Waals surface area contributed by atoms with Gasteiger partial charge in [-0.25, -0.2) is 0 Å². The molecule has 0 aliphatic carbocycles. The van der Waals surface area contributed by atoms with Crippen molar-refractivity contribution in [2.45, 2.75) is 19.4 Å². The zero-order valence-corrected chi connectivity index (χ0v) is 11.2. The van der Waals surface area contributed by atoms with E-state index in [-0.39, 0.29) is 6.04 Å². The molecule has 0 amide bonds. The van der Waals surface area contributed by atoms with E-state index in [0.717, 1.165) is 31.0 Å². The van der Waals surface area contributed by atoms with Gasteiger partial charge >= 0.3 is 0 Å². The fourth-order valence-corrected chi connectivity index (χ4v) is 3.14. The molecule has 94 valence electrons. The van der Waals surface area contributed by atoms with Gasteiger partial charge in [-0.05, 0) is 42.5 Å². The average molecular weight is 260 g/mol. The van der Waals surface area contributed by atoms with Gasteiger partial charge in [0.2, 0.25) is 0 Å². The van der Waals surface area contributed by atoms with Crippen LogP contribution in [-0.4, -0.2) is 29.3 Å². The fraction of sp³-hybridized carbons (Fsp3) is 0.385. The third-order valence-corrected chi connectivity index (χ3v) is 4.33. The number of hydrogen-bond donors (Lipinski definition) is 1. The van der Waals surface area contributed by atoms with Gasteiger partial charge in [-0.1, -0.05) is 0 Å². The van der Waals surface area contributed by atoms with Crippen LogP contribution in [0.5, 0.6) is 0 Å². The Kier molecular flexibility index (Phi) is 3.01. The van der Waals surface area contributed by atoms with Crippen LogP contribution in [0, 0.1) is 6.92 Å².